The first-order chi connectivity index (χ1) is 17.1. The SMILES string of the molecule is CCCCc1cc2c3c(cccc3c1)C(O)N(OS(=O)(=O)c1cc(C(F)(F)F)cc(C(F)(F)F)c1)C2=O. The third kappa shape index (κ3) is 5.15. The topological polar surface area (TPSA) is 83.9 Å². The summed E-state index contributed by atoms with van der Waals surface area (Å²) in [6, 6.07) is 7.60. The molecule has 3 aromatic rings. The van der Waals surface area contributed by atoms with E-state index >= 15 is 0 Å². The van der Waals surface area contributed by atoms with Crippen LogP contribution in [0, 0.1) is 0 Å². The lowest BCUT2D eigenvalue weighted by molar-refractivity contribution is -0.143. The molecule has 1 N–H and O–H groups in total. The van der Waals surface area contributed by atoms with Gasteiger partial charge in [0, 0.05) is 10.9 Å². The van der Waals surface area contributed by atoms with E-state index in [0.717, 1.165) is 18.4 Å². The zero-order valence-electron chi connectivity index (χ0n) is 19.0. The highest BCUT2D eigenvalue weighted by Crippen LogP contribution is 2.40. The third-order valence-electron chi connectivity index (χ3n) is 5.85. The van der Waals surface area contributed by atoms with E-state index in [0.29, 0.717) is 17.2 Å². The monoisotopic (exact) mass is 547 g/mol. The number of halogens is 6. The fourth-order valence-electron chi connectivity index (χ4n) is 4.08. The Kier molecular flexibility index (Phi) is 6.76. The Bertz CT molecular complexity index is 1450. The fourth-order valence-corrected chi connectivity index (χ4v) is 5.07. The molecule has 13 heteroatoms. The van der Waals surface area contributed by atoms with Gasteiger partial charge in [-0.15, -0.1) is 4.28 Å². The van der Waals surface area contributed by atoms with Gasteiger partial charge in [0.1, 0.15) is 0 Å². The van der Waals surface area contributed by atoms with Crippen molar-refractivity contribution in [2.75, 3.05) is 0 Å². The first-order valence-corrected chi connectivity index (χ1v) is 12.4. The fraction of sp³-hybridized carbons (Fsp3) is 0.292. The largest absolute Gasteiger partial charge is 0.416 e. The molecule has 1 unspecified atom stereocenters. The third-order valence-corrected chi connectivity index (χ3v) is 7.02. The zero-order valence-corrected chi connectivity index (χ0v) is 19.8. The van der Waals surface area contributed by atoms with Gasteiger partial charge in [0.25, 0.3) is 5.91 Å². The maximum Gasteiger partial charge on any atom is 0.416 e. The van der Waals surface area contributed by atoms with Gasteiger partial charge >= 0.3 is 22.5 Å². The maximum absolute atomic E-state index is 13.2. The van der Waals surface area contributed by atoms with Gasteiger partial charge in [-0.2, -0.15) is 39.8 Å². The van der Waals surface area contributed by atoms with Crippen LogP contribution in [0.25, 0.3) is 10.8 Å². The summed E-state index contributed by atoms with van der Waals surface area (Å²) in [5.41, 5.74) is -2.98. The number of nitrogens with zero attached hydrogens (tertiary/aromatic N) is 1. The van der Waals surface area contributed by atoms with Crippen molar-refractivity contribution in [1.82, 2.24) is 5.06 Å². The Morgan fingerprint density at radius 1 is 0.973 bits per heavy atom. The zero-order chi connectivity index (χ0) is 27.3. The van der Waals surface area contributed by atoms with Gasteiger partial charge < -0.3 is 5.11 Å². The average molecular weight is 547 g/mol. The number of aryl methyl sites for hydroxylation is 1. The van der Waals surface area contributed by atoms with Gasteiger partial charge in [-0.1, -0.05) is 37.6 Å². The summed E-state index contributed by atoms with van der Waals surface area (Å²) in [7, 11) is -5.44. The molecule has 0 bridgehead atoms. The van der Waals surface area contributed by atoms with Crippen LogP contribution in [0.1, 0.15) is 58.6 Å². The molecule has 0 saturated heterocycles. The predicted molar refractivity (Wildman–Crippen MR) is 118 cm³/mol. The van der Waals surface area contributed by atoms with Crippen molar-refractivity contribution in [3.05, 3.63) is 76.3 Å². The van der Waals surface area contributed by atoms with Crippen LogP contribution in [0.5, 0.6) is 0 Å². The molecular weight excluding hydrogens is 528 g/mol. The van der Waals surface area contributed by atoms with Crippen molar-refractivity contribution in [1.29, 1.82) is 0 Å². The van der Waals surface area contributed by atoms with Crippen molar-refractivity contribution in [3.63, 3.8) is 0 Å². The van der Waals surface area contributed by atoms with Crippen LogP contribution >= 0.6 is 0 Å². The summed E-state index contributed by atoms with van der Waals surface area (Å²) in [5, 5.41) is 11.7. The molecule has 1 atom stereocenters. The highest BCUT2D eigenvalue weighted by molar-refractivity contribution is 7.86. The molecule has 0 spiro atoms. The van der Waals surface area contributed by atoms with E-state index < -0.39 is 50.6 Å². The lowest BCUT2D eigenvalue weighted by atomic mass is 9.91. The predicted octanol–water partition coefficient (Wildman–Crippen LogP) is 5.99. The van der Waals surface area contributed by atoms with Gasteiger partial charge in [0.15, 0.2) is 6.23 Å². The van der Waals surface area contributed by atoms with E-state index in [1.807, 2.05) is 13.0 Å². The summed E-state index contributed by atoms with van der Waals surface area (Å²) >= 11 is 0. The summed E-state index contributed by atoms with van der Waals surface area (Å²) in [5.74, 6) is -1.12. The molecule has 0 aliphatic carbocycles. The average Bonchev–Trinajstić information content (AvgIpc) is 2.82. The smallest absolute Gasteiger partial charge is 0.367 e. The normalized spacial score (nSPS) is 16.5. The number of aliphatic hydroxyl groups excluding tert-OH is 1. The van der Waals surface area contributed by atoms with E-state index in [4.69, 9.17) is 4.28 Å². The second kappa shape index (κ2) is 9.30. The minimum atomic E-state index is -5.44. The van der Waals surface area contributed by atoms with Crippen LogP contribution in [0.4, 0.5) is 26.3 Å². The quantitative estimate of drug-likeness (QED) is 0.384. The van der Waals surface area contributed by atoms with E-state index in [1.54, 1.807) is 12.1 Å². The first-order valence-electron chi connectivity index (χ1n) is 10.9. The van der Waals surface area contributed by atoms with Crippen LogP contribution in [0.3, 0.4) is 0 Å². The lowest BCUT2D eigenvalue weighted by Gasteiger charge is -2.32. The summed E-state index contributed by atoms with van der Waals surface area (Å²) < 4.78 is 110. The molecule has 37 heavy (non-hydrogen) atoms. The van der Waals surface area contributed by atoms with E-state index in [2.05, 4.69) is 0 Å². The molecule has 1 aliphatic rings. The Morgan fingerprint density at radius 2 is 1.59 bits per heavy atom. The number of unbranched alkanes of at least 4 members (excludes halogenated alkanes) is 1. The van der Waals surface area contributed by atoms with E-state index in [1.165, 1.54) is 12.1 Å². The molecule has 1 heterocycles. The molecular formula is C24H19F6NO5S. The second-order valence-corrected chi connectivity index (χ2v) is 10.00. The summed E-state index contributed by atoms with van der Waals surface area (Å²) in [6.45, 7) is 1.96. The number of amides is 1. The van der Waals surface area contributed by atoms with Crippen molar-refractivity contribution in [2.45, 2.75) is 49.7 Å². The number of alkyl halides is 6. The second-order valence-electron chi connectivity index (χ2n) is 8.47. The Hall–Kier alpha value is -3.16. The van der Waals surface area contributed by atoms with Crippen molar-refractivity contribution in [2.24, 2.45) is 0 Å². The number of benzene rings is 3. The van der Waals surface area contributed by atoms with E-state index in [-0.39, 0.29) is 34.4 Å². The molecule has 0 radical (unpaired) electrons. The molecule has 4 rings (SSSR count). The molecule has 0 fully saturated rings. The maximum atomic E-state index is 13.2. The molecule has 1 amide bonds. The van der Waals surface area contributed by atoms with Crippen molar-refractivity contribution < 1.29 is 48.9 Å². The number of carbonyl (C=O) groups excluding carboxylic acids is 1. The number of hydrogen-bond donors (Lipinski definition) is 1. The number of hydrogen-bond acceptors (Lipinski definition) is 5. The van der Waals surface area contributed by atoms with Gasteiger partial charge in [0.05, 0.1) is 21.6 Å². The van der Waals surface area contributed by atoms with Gasteiger partial charge in [0.2, 0.25) is 0 Å². The Balaban J connectivity index is 1.79. The number of aliphatic hydroxyl groups is 1. The standard InChI is InChI=1S/C24H19F6NO5S/c1-2-3-5-13-8-14-6-4-7-18-20(14)19(9-13)22(33)31(21(18)32)36-37(34,35)17-11-15(23(25,26)27)10-16(12-17)24(28,29)30/h4,6-12,21,32H,2-3,5H2,1H3. The molecule has 0 aromatic heterocycles. The highest BCUT2D eigenvalue weighted by Gasteiger charge is 2.41. The van der Waals surface area contributed by atoms with Gasteiger partial charge in [-0.3, -0.25) is 4.79 Å². The number of rotatable bonds is 6. The summed E-state index contributed by atoms with van der Waals surface area (Å²) in [4.78, 5) is 11.7. The Morgan fingerprint density at radius 3 is 2.16 bits per heavy atom. The minimum Gasteiger partial charge on any atom is -0.367 e. The first kappa shape index (κ1) is 26.9. The molecule has 1 aliphatic heterocycles. The molecule has 198 valence electrons. The lowest BCUT2D eigenvalue weighted by Crippen LogP contribution is -2.40. The minimum absolute atomic E-state index is 0.0280. The molecule has 3 aromatic carbocycles. The molecule has 0 saturated carbocycles. The Labute approximate surface area is 207 Å². The van der Waals surface area contributed by atoms with Gasteiger partial charge in [-0.25, -0.2) is 0 Å². The summed E-state index contributed by atoms with van der Waals surface area (Å²) in [6.07, 6.45) is -10.4. The van der Waals surface area contributed by atoms with Crippen LogP contribution in [0.15, 0.2) is 53.4 Å². The highest BCUT2D eigenvalue weighted by atomic mass is 32.2. The van der Waals surface area contributed by atoms with Crippen LogP contribution < -0.4 is 0 Å². The van der Waals surface area contributed by atoms with E-state index in [9.17, 15) is 44.7 Å². The van der Waals surface area contributed by atoms with Gasteiger partial charge in [-0.05, 0) is 48.1 Å². The van der Waals surface area contributed by atoms with Crippen molar-refractivity contribution in [3.8, 4) is 0 Å². The van der Waals surface area contributed by atoms with Crippen molar-refractivity contribution >= 4 is 26.8 Å². The van der Waals surface area contributed by atoms with Crippen LogP contribution in [-0.2, 0) is 33.2 Å². The number of hydroxylamine groups is 2. The molecule has 6 nitrogen and oxygen atoms in total. The number of carbonyl (C=O) groups is 1. The van der Waals surface area contributed by atoms with Crippen LogP contribution in [0.2, 0.25) is 0 Å². The van der Waals surface area contributed by atoms with Crippen LogP contribution in [-0.4, -0.2) is 24.5 Å².